The van der Waals surface area contributed by atoms with Crippen LogP contribution in [-0.4, -0.2) is 47.9 Å². The Hall–Kier alpha value is -3.32. The van der Waals surface area contributed by atoms with Crippen LogP contribution < -0.4 is 14.8 Å². The number of methoxy groups -OCH3 is 2. The number of benzene rings is 2. The predicted octanol–water partition coefficient (Wildman–Crippen LogP) is 3.33. The van der Waals surface area contributed by atoms with Crippen LogP contribution in [0.15, 0.2) is 48.5 Å². The van der Waals surface area contributed by atoms with Gasteiger partial charge < -0.3 is 14.8 Å². The molecule has 0 saturated carbocycles. The summed E-state index contributed by atoms with van der Waals surface area (Å²) in [5.74, 6) is 2.06. The summed E-state index contributed by atoms with van der Waals surface area (Å²) >= 11 is 0. The third-order valence-corrected chi connectivity index (χ3v) is 5.70. The van der Waals surface area contributed by atoms with Gasteiger partial charge in [0, 0.05) is 19.7 Å². The fourth-order valence-electron chi connectivity index (χ4n) is 4.29. The lowest BCUT2D eigenvalue weighted by atomic mass is 9.87. The van der Waals surface area contributed by atoms with E-state index in [1.54, 1.807) is 18.9 Å². The van der Waals surface area contributed by atoms with Crippen molar-refractivity contribution >= 4 is 11.7 Å². The molecule has 4 rings (SSSR count). The van der Waals surface area contributed by atoms with Crippen molar-refractivity contribution in [3.8, 4) is 11.5 Å². The van der Waals surface area contributed by atoms with Crippen LogP contribution in [0.2, 0.25) is 0 Å². The molecule has 0 bridgehead atoms. The number of anilines is 1. The number of aromatic nitrogens is 2. The molecule has 0 fully saturated rings. The monoisotopic (exact) mass is 420 g/mol. The predicted molar refractivity (Wildman–Crippen MR) is 120 cm³/mol. The van der Waals surface area contributed by atoms with Gasteiger partial charge >= 0.3 is 0 Å². The SMILES string of the molecule is COc1cc2c(cc1OC)C(c1ccccc1)N(CC(=O)Nc1cc(C)nn1C)CC2. The maximum absolute atomic E-state index is 12.9. The van der Waals surface area contributed by atoms with Crippen LogP contribution in [0.25, 0.3) is 0 Å². The van der Waals surface area contributed by atoms with Gasteiger partial charge in [0.1, 0.15) is 5.82 Å². The number of amides is 1. The maximum atomic E-state index is 12.9. The van der Waals surface area contributed by atoms with Crippen molar-refractivity contribution in [2.45, 2.75) is 19.4 Å². The van der Waals surface area contributed by atoms with E-state index in [4.69, 9.17) is 9.47 Å². The number of fused-ring (bicyclic) bond motifs is 1. The quantitative estimate of drug-likeness (QED) is 0.663. The number of hydrogen-bond acceptors (Lipinski definition) is 5. The van der Waals surface area contributed by atoms with Gasteiger partial charge in [0.25, 0.3) is 0 Å². The lowest BCUT2D eigenvalue weighted by Gasteiger charge is -2.37. The molecule has 1 amide bonds. The summed E-state index contributed by atoms with van der Waals surface area (Å²) in [4.78, 5) is 15.1. The van der Waals surface area contributed by atoms with Crippen molar-refractivity contribution in [3.63, 3.8) is 0 Å². The molecular weight excluding hydrogens is 392 g/mol. The molecule has 1 aliphatic heterocycles. The van der Waals surface area contributed by atoms with Crippen LogP contribution >= 0.6 is 0 Å². The van der Waals surface area contributed by atoms with E-state index in [9.17, 15) is 4.79 Å². The molecule has 1 atom stereocenters. The van der Waals surface area contributed by atoms with E-state index < -0.39 is 0 Å². The van der Waals surface area contributed by atoms with Gasteiger partial charge in [-0.2, -0.15) is 5.10 Å². The Morgan fingerprint density at radius 2 is 1.84 bits per heavy atom. The first kappa shape index (κ1) is 20.9. The van der Waals surface area contributed by atoms with Crippen molar-refractivity contribution in [2.24, 2.45) is 7.05 Å². The average molecular weight is 421 g/mol. The van der Waals surface area contributed by atoms with Gasteiger partial charge in [0.05, 0.1) is 32.5 Å². The second-order valence-electron chi connectivity index (χ2n) is 7.78. The summed E-state index contributed by atoms with van der Waals surface area (Å²) in [5.41, 5.74) is 4.36. The van der Waals surface area contributed by atoms with Gasteiger partial charge in [-0.05, 0) is 42.2 Å². The van der Waals surface area contributed by atoms with Crippen LogP contribution in [0.3, 0.4) is 0 Å². The highest BCUT2D eigenvalue weighted by atomic mass is 16.5. The minimum absolute atomic E-state index is 0.0521. The number of rotatable bonds is 6. The number of ether oxygens (including phenoxy) is 2. The highest BCUT2D eigenvalue weighted by Crippen LogP contribution is 2.40. The van der Waals surface area contributed by atoms with E-state index in [1.807, 2.05) is 44.3 Å². The van der Waals surface area contributed by atoms with E-state index in [1.165, 1.54) is 5.56 Å². The Labute approximate surface area is 182 Å². The van der Waals surface area contributed by atoms with Gasteiger partial charge in [-0.1, -0.05) is 30.3 Å². The zero-order valence-electron chi connectivity index (χ0n) is 18.4. The Balaban J connectivity index is 1.66. The first-order valence-corrected chi connectivity index (χ1v) is 10.3. The van der Waals surface area contributed by atoms with Crippen molar-refractivity contribution in [3.05, 3.63) is 70.9 Å². The molecule has 7 nitrogen and oxygen atoms in total. The number of hydrogen-bond donors (Lipinski definition) is 1. The summed E-state index contributed by atoms with van der Waals surface area (Å²) in [6, 6.07) is 16.2. The molecule has 0 aliphatic carbocycles. The largest absolute Gasteiger partial charge is 0.493 e. The molecule has 1 aromatic heterocycles. The maximum Gasteiger partial charge on any atom is 0.239 e. The molecule has 2 heterocycles. The molecule has 7 heteroatoms. The van der Waals surface area contributed by atoms with Gasteiger partial charge in [-0.25, -0.2) is 0 Å². The van der Waals surface area contributed by atoms with Crippen LogP contribution in [0.4, 0.5) is 5.82 Å². The zero-order chi connectivity index (χ0) is 22.0. The molecule has 1 unspecified atom stereocenters. The molecule has 0 spiro atoms. The number of carbonyl (C=O) groups is 1. The summed E-state index contributed by atoms with van der Waals surface area (Å²) in [6.07, 6.45) is 0.830. The molecule has 1 aliphatic rings. The standard InChI is InChI=1S/C24H28N4O3/c1-16-12-22(27(2)26-16)25-23(29)15-28-11-10-18-13-20(30-3)21(31-4)14-19(18)24(28)17-8-6-5-7-9-17/h5-9,12-14,24H,10-11,15H2,1-4H3,(H,25,29). The van der Waals surface area contributed by atoms with Crippen molar-refractivity contribution in [2.75, 3.05) is 32.6 Å². The van der Waals surface area contributed by atoms with Crippen molar-refractivity contribution in [1.29, 1.82) is 0 Å². The number of nitrogens with one attached hydrogen (secondary N) is 1. The molecule has 0 radical (unpaired) electrons. The topological polar surface area (TPSA) is 68.6 Å². The average Bonchev–Trinajstić information content (AvgIpc) is 3.09. The van der Waals surface area contributed by atoms with Crippen molar-refractivity contribution < 1.29 is 14.3 Å². The molecule has 3 aromatic rings. The highest BCUT2D eigenvalue weighted by Gasteiger charge is 2.31. The van der Waals surface area contributed by atoms with E-state index in [-0.39, 0.29) is 18.5 Å². The first-order valence-electron chi connectivity index (χ1n) is 10.3. The number of nitrogens with zero attached hydrogens (tertiary/aromatic N) is 3. The third kappa shape index (κ3) is 4.27. The Morgan fingerprint density at radius 1 is 1.13 bits per heavy atom. The molecular formula is C24H28N4O3. The number of carbonyl (C=O) groups excluding carboxylic acids is 1. The van der Waals surface area contributed by atoms with E-state index in [2.05, 4.69) is 33.5 Å². The lowest BCUT2D eigenvalue weighted by molar-refractivity contribution is -0.117. The van der Waals surface area contributed by atoms with E-state index in [0.717, 1.165) is 35.5 Å². The molecule has 162 valence electrons. The van der Waals surface area contributed by atoms with Crippen LogP contribution in [-0.2, 0) is 18.3 Å². The molecule has 31 heavy (non-hydrogen) atoms. The van der Waals surface area contributed by atoms with Gasteiger partial charge in [-0.15, -0.1) is 0 Å². The van der Waals surface area contributed by atoms with E-state index in [0.29, 0.717) is 11.6 Å². The zero-order valence-corrected chi connectivity index (χ0v) is 18.4. The highest BCUT2D eigenvalue weighted by molar-refractivity contribution is 5.91. The summed E-state index contributed by atoms with van der Waals surface area (Å²) < 4.78 is 12.8. The summed E-state index contributed by atoms with van der Waals surface area (Å²) in [6.45, 7) is 2.95. The van der Waals surface area contributed by atoms with Crippen LogP contribution in [0, 0.1) is 6.92 Å². The Bertz CT molecular complexity index is 1080. The van der Waals surface area contributed by atoms with Gasteiger partial charge in [-0.3, -0.25) is 14.4 Å². The Morgan fingerprint density at radius 3 is 2.48 bits per heavy atom. The lowest BCUT2D eigenvalue weighted by Crippen LogP contribution is -2.41. The fourth-order valence-corrected chi connectivity index (χ4v) is 4.29. The summed E-state index contributed by atoms with van der Waals surface area (Å²) in [7, 11) is 5.12. The fraction of sp³-hybridized carbons (Fsp3) is 0.333. The van der Waals surface area contributed by atoms with Crippen LogP contribution in [0.5, 0.6) is 11.5 Å². The smallest absolute Gasteiger partial charge is 0.239 e. The molecule has 0 saturated heterocycles. The minimum atomic E-state index is -0.0622. The third-order valence-electron chi connectivity index (χ3n) is 5.70. The van der Waals surface area contributed by atoms with Gasteiger partial charge in [0.15, 0.2) is 11.5 Å². The summed E-state index contributed by atoms with van der Waals surface area (Å²) in [5, 5.41) is 7.29. The van der Waals surface area contributed by atoms with Gasteiger partial charge in [0.2, 0.25) is 5.91 Å². The number of aryl methyl sites for hydroxylation is 2. The Kier molecular flexibility index (Phi) is 5.95. The van der Waals surface area contributed by atoms with Crippen LogP contribution in [0.1, 0.15) is 28.4 Å². The normalized spacial score (nSPS) is 15.9. The molecule has 1 N–H and O–H groups in total. The second kappa shape index (κ2) is 8.81. The molecule has 2 aromatic carbocycles. The van der Waals surface area contributed by atoms with E-state index >= 15 is 0 Å². The minimum Gasteiger partial charge on any atom is -0.493 e. The second-order valence-corrected chi connectivity index (χ2v) is 7.78. The first-order chi connectivity index (χ1) is 15.0. The van der Waals surface area contributed by atoms with Crippen molar-refractivity contribution in [1.82, 2.24) is 14.7 Å².